The number of aliphatic imine (C=N–C) groups is 1. The van der Waals surface area contributed by atoms with Crippen LogP contribution in [-0.2, 0) is 16.4 Å². The molecule has 0 heterocycles. The van der Waals surface area contributed by atoms with Gasteiger partial charge in [-0.15, -0.1) is 0 Å². The quantitative estimate of drug-likeness (QED) is 0.555. The van der Waals surface area contributed by atoms with E-state index in [4.69, 9.17) is 0 Å². The molecule has 8 heteroatoms. The number of rotatable bonds is 6. The number of halogens is 2. The zero-order valence-corrected chi connectivity index (χ0v) is 17.5. The van der Waals surface area contributed by atoms with Gasteiger partial charge in [0.2, 0.25) is 0 Å². The average molecular weight is 422 g/mol. The highest BCUT2D eigenvalue weighted by molar-refractivity contribution is 7.90. The Bertz CT molecular complexity index is 1020. The van der Waals surface area contributed by atoms with Crippen LogP contribution in [-0.4, -0.2) is 33.2 Å². The molecule has 0 radical (unpaired) electrons. The molecule has 156 valence electrons. The monoisotopic (exact) mass is 421 g/mol. The van der Waals surface area contributed by atoms with Crippen molar-refractivity contribution in [1.82, 2.24) is 10.6 Å². The van der Waals surface area contributed by atoms with E-state index in [0.29, 0.717) is 35.9 Å². The summed E-state index contributed by atoms with van der Waals surface area (Å²) in [6.45, 7) is 4.68. The van der Waals surface area contributed by atoms with Gasteiger partial charge in [0, 0.05) is 30.3 Å². The topological polar surface area (TPSA) is 70.6 Å². The number of aryl methyl sites for hydroxylation is 1. The van der Waals surface area contributed by atoms with Gasteiger partial charge in [0.25, 0.3) is 0 Å². The predicted octanol–water partition coefficient (Wildman–Crippen LogP) is 3.29. The fourth-order valence-electron chi connectivity index (χ4n) is 3.43. The van der Waals surface area contributed by atoms with Crippen molar-refractivity contribution in [2.24, 2.45) is 4.99 Å². The van der Waals surface area contributed by atoms with Crippen molar-refractivity contribution < 1.29 is 17.2 Å². The third kappa shape index (κ3) is 5.12. The largest absolute Gasteiger partial charge is 0.357 e. The van der Waals surface area contributed by atoms with E-state index in [0.717, 1.165) is 5.56 Å². The SMILES string of the molecule is CCNC(=NCc1ccc(S(C)(=O)=O)c(C)c1)NC1CC1c1c(F)cccc1F. The lowest BCUT2D eigenvalue weighted by molar-refractivity contribution is 0.553. The number of nitrogens with zero attached hydrogens (tertiary/aromatic N) is 1. The maximum Gasteiger partial charge on any atom is 0.191 e. The molecule has 2 N–H and O–H groups in total. The number of guanidine groups is 1. The molecule has 1 aliphatic rings. The number of hydrogen-bond donors (Lipinski definition) is 2. The van der Waals surface area contributed by atoms with E-state index in [2.05, 4.69) is 15.6 Å². The smallest absolute Gasteiger partial charge is 0.191 e. The van der Waals surface area contributed by atoms with Crippen LogP contribution in [0.3, 0.4) is 0 Å². The molecule has 0 saturated heterocycles. The lowest BCUT2D eigenvalue weighted by Crippen LogP contribution is -2.39. The van der Waals surface area contributed by atoms with Crippen molar-refractivity contribution in [3.63, 3.8) is 0 Å². The van der Waals surface area contributed by atoms with Gasteiger partial charge in [-0.25, -0.2) is 22.2 Å². The second-order valence-electron chi connectivity index (χ2n) is 7.30. The van der Waals surface area contributed by atoms with Gasteiger partial charge in [-0.1, -0.05) is 18.2 Å². The van der Waals surface area contributed by atoms with E-state index in [1.165, 1.54) is 24.5 Å². The molecule has 1 aliphatic carbocycles. The van der Waals surface area contributed by atoms with Gasteiger partial charge in [0.05, 0.1) is 11.4 Å². The summed E-state index contributed by atoms with van der Waals surface area (Å²) in [6.07, 6.45) is 1.81. The number of hydrogen-bond acceptors (Lipinski definition) is 3. The first kappa shape index (κ1) is 21.2. The zero-order valence-electron chi connectivity index (χ0n) is 16.7. The Morgan fingerprint density at radius 1 is 1.21 bits per heavy atom. The Labute approximate surface area is 170 Å². The van der Waals surface area contributed by atoms with Gasteiger partial charge in [-0.3, -0.25) is 0 Å². The van der Waals surface area contributed by atoms with Crippen LogP contribution in [0.2, 0.25) is 0 Å². The van der Waals surface area contributed by atoms with Crippen molar-refractivity contribution >= 4 is 15.8 Å². The lowest BCUT2D eigenvalue weighted by Gasteiger charge is -2.12. The minimum atomic E-state index is -3.26. The molecule has 0 aromatic heterocycles. The lowest BCUT2D eigenvalue weighted by atomic mass is 10.1. The number of benzene rings is 2. The van der Waals surface area contributed by atoms with Gasteiger partial charge in [-0.2, -0.15) is 0 Å². The first-order valence-electron chi connectivity index (χ1n) is 9.49. The van der Waals surface area contributed by atoms with Crippen LogP contribution in [0.4, 0.5) is 8.78 Å². The third-order valence-electron chi connectivity index (χ3n) is 4.89. The van der Waals surface area contributed by atoms with E-state index >= 15 is 0 Å². The molecular weight excluding hydrogens is 396 g/mol. The summed E-state index contributed by atoms with van der Waals surface area (Å²) in [5.41, 5.74) is 1.67. The fraction of sp³-hybridized carbons (Fsp3) is 0.381. The van der Waals surface area contributed by atoms with Crippen molar-refractivity contribution in [3.05, 3.63) is 64.7 Å². The van der Waals surface area contributed by atoms with Gasteiger partial charge in [0.15, 0.2) is 15.8 Å². The summed E-state index contributed by atoms with van der Waals surface area (Å²) < 4.78 is 51.4. The van der Waals surface area contributed by atoms with Crippen molar-refractivity contribution in [2.75, 3.05) is 12.8 Å². The van der Waals surface area contributed by atoms with Crippen molar-refractivity contribution in [3.8, 4) is 0 Å². The minimum Gasteiger partial charge on any atom is -0.357 e. The van der Waals surface area contributed by atoms with Crippen LogP contribution in [0.25, 0.3) is 0 Å². The summed E-state index contributed by atoms with van der Waals surface area (Å²) in [5, 5.41) is 6.36. The first-order valence-corrected chi connectivity index (χ1v) is 11.4. The van der Waals surface area contributed by atoms with Crippen LogP contribution >= 0.6 is 0 Å². The summed E-state index contributed by atoms with van der Waals surface area (Å²) in [6, 6.07) is 8.96. The molecule has 5 nitrogen and oxygen atoms in total. The highest BCUT2D eigenvalue weighted by Gasteiger charge is 2.42. The van der Waals surface area contributed by atoms with Gasteiger partial charge < -0.3 is 10.6 Å². The summed E-state index contributed by atoms with van der Waals surface area (Å²) in [4.78, 5) is 4.84. The molecule has 1 saturated carbocycles. The zero-order chi connectivity index (χ0) is 21.2. The number of nitrogens with one attached hydrogen (secondary N) is 2. The standard InChI is InChI=1S/C21H25F2N3O2S/c1-4-24-21(25-12-14-8-9-19(13(2)10-14)29(3,27)28)26-18-11-15(18)20-16(22)6-5-7-17(20)23/h5-10,15,18H,4,11-12H2,1-3H3,(H2,24,25,26). The van der Waals surface area contributed by atoms with Crippen molar-refractivity contribution in [1.29, 1.82) is 0 Å². The Morgan fingerprint density at radius 2 is 1.90 bits per heavy atom. The fourth-order valence-corrected chi connectivity index (χ4v) is 4.39. The Hall–Kier alpha value is -2.48. The van der Waals surface area contributed by atoms with E-state index < -0.39 is 21.5 Å². The summed E-state index contributed by atoms with van der Waals surface area (Å²) in [7, 11) is -3.26. The molecule has 3 rings (SSSR count). The molecule has 0 amide bonds. The molecule has 2 unspecified atom stereocenters. The summed E-state index contributed by atoms with van der Waals surface area (Å²) in [5.74, 6) is -0.719. The minimum absolute atomic E-state index is 0.0893. The van der Waals surface area contributed by atoms with Crippen molar-refractivity contribution in [2.45, 2.75) is 43.7 Å². The average Bonchev–Trinajstić information content (AvgIpc) is 3.37. The van der Waals surface area contributed by atoms with E-state index in [9.17, 15) is 17.2 Å². The normalized spacial score (nSPS) is 19.1. The third-order valence-corrected chi connectivity index (χ3v) is 6.14. The Morgan fingerprint density at radius 3 is 2.48 bits per heavy atom. The first-order chi connectivity index (χ1) is 13.7. The molecule has 2 aromatic rings. The maximum absolute atomic E-state index is 14.0. The Balaban J connectivity index is 1.69. The van der Waals surface area contributed by atoms with E-state index in [1.807, 2.05) is 6.92 Å². The maximum atomic E-state index is 14.0. The summed E-state index contributed by atoms with van der Waals surface area (Å²) >= 11 is 0. The van der Waals surface area contributed by atoms with Crippen LogP contribution < -0.4 is 10.6 Å². The van der Waals surface area contributed by atoms with Crippen LogP contribution in [0.1, 0.15) is 36.0 Å². The molecule has 0 spiro atoms. The van der Waals surface area contributed by atoms with E-state index in [-0.39, 0.29) is 17.5 Å². The van der Waals surface area contributed by atoms with Gasteiger partial charge >= 0.3 is 0 Å². The molecule has 29 heavy (non-hydrogen) atoms. The molecule has 0 bridgehead atoms. The molecule has 0 aliphatic heterocycles. The van der Waals surface area contributed by atoms with E-state index in [1.54, 1.807) is 25.1 Å². The highest BCUT2D eigenvalue weighted by atomic mass is 32.2. The molecule has 1 fully saturated rings. The van der Waals surface area contributed by atoms with Gasteiger partial charge in [-0.05, 0) is 49.6 Å². The van der Waals surface area contributed by atoms with Crippen LogP contribution in [0.15, 0.2) is 46.3 Å². The van der Waals surface area contributed by atoms with Gasteiger partial charge in [0.1, 0.15) is 11.6 Å². The number of sulfone groups is 1. The van der Waals surface area contributed by atoms with Crippen LogP contribution in [0, 0.1) is 18.6 Å². The molecule has 2 aromatic carbocycles. The molecule has 2 atom stereocenters. The molecular formula is C21H25F2N3O2S. The van der Waals surface area contributed by atoms with Crippen LogP contribution in [0.5, 0.6) is 0 Å². The second-order valence-corrected chi connectivity index (χ2v) is 9.28. The second kappa shape index (κ2) is 8.49. The highest BCUT2D eigenvalue weighted by Crippen LogP contribution is 2.43. The Kier molecular flexibility index (Phi) is 6.21. The predicted molar refractivity (Wildman–Crippen MR) is 110 cm³/mol.